The standard InChI is InChI=1S/C20H26N6O3S/c27-16-15(8-4-9-21-16)18(28)25-10-5-11-26(13-12-25)20(29)22-19-24-23-17(30-19)14-6-2-1-3-7-14/h4,8-9,14H,1-3,5-7,10-13H2,(H,21,27)(H,22,24,29). The first-order chi connectivity index (χ1) is 14.6. The van der Waals surface area contributed by atoms with Crippen molar-refractivity contribution in [3.8, 4) is 0 Å². The Hall–Kier alpha value is -2.75. The van der Waals surface area contributed by atoms with Crippen molar-refractivity contribution in [2.24, 2.45) is 0 Å². The molecule has 4 rings (SSSR count). The second-order valence-electron chi connectivity index (χ2n) is 7.76. The van der Waals surface area contributed by atoms with E-state index in [0.717, 1.165) is 17.8 Å². The van der Waals surface area contributed by atoms with Crippen LogP contribution in [0.2, 0.25) is 0 Å². The fraction of sp³-hybridized carbons (Fsp3) is 0.550. The lowest BCUT2D eigenvalue weighted by Gasteiger charge is -2.22. The van der Waals surface area contributed by atoms with Crippen LogP contribution in [0, 0.1) is 0 Å². The van der Waals surface area contributed by atoms with Crippen LogP contribution in [0.4, 0.5) is 9.93 Å². The minimum Gasteiger partial charge on any atom is -0.337 e. The number of aromatic amines is 1. The van der Waals surface area contributed by atoms with Crippen molar-refractivity contribution in [3.05, 3.63) is 39.3 Å². The van der Waals surface area contributed by atoms with Gasteiger partial charge in [0.25, 0.3) is 11.5 Å². The number of hydrogen-bond donors (Lipinski definition) is 2. The van der Waals surface area contributed by atoms with Gasteiger partial charge in [0.2, 0.25) is 5.13 Å². The van der Waals surface area contributed by atoms with Crippen LogP contribution in [-0.4, -0.2) is 63.1 Å². The largest absolute Gasteiger partial charge is 0.337 e. The molecule has 2 fully saturated rings. The van der Waals surface area contributed by atoms with Crippen LogP contribution in [0.15, 0.2) is 23.1 Å². The van der Waals surface area contributed by atoms with E-state index in [4.69, 9.17) is 0 Å². The lowest BCUT2D eigenvalue weighted by atomic mass is 9.90. The van der Waals surface area contributed by atoms with Gasteiger partial charge in [0.15, 0.2) is 0 Å². The molecular formula is C20H26N6O3S. The van der Waals surface area contributed by atoms with E-state index in [1.165, 1.54) is 42.9 Å². The predicted octanol–water partition coefficient (Wildman–Crippen LogP) is 2.65. The third-order valence-electron chi connectivity index (χ3n) is 5.73. The number of urea groups is 1. The summed E-state index contributed by atoms with van der Waals surface area (Å²) in [6.45, 7) is 1.82. The van der Waals surface area contributed by atoms with Crippen molar-refractivity contribution < 1.29 is 9.59 Å². The highest BCUT2D eigenvalue weighted by Crippen LogP contribution is 2.35. The lowest BCUT2D eigenvalue weighted by molar-refractivity contribution is 0.0761. The maximum atomic E-state index is 12.7. The molecular weight excluding hydrogens is 404 g/mol. The highest BCUT2D eigenvalue weighted by molar-refractivity contribution is 7.15. The second kappa shape index (κ2) is 9.38. The number of amides is 3. The zero-order valence-corrected chi connectivity index (χ0v) is 17.6. The number of rotatable bonds is 3. The molecule has 2 aromatic rings. The Balaban J connectivity index is 1.33. The first-order valence-corrected chi connectivity index (χ1v) is 11.3. The molecule has 2 aliphatic rings. The fourth-order valence-electron chi connectivity index (χ4n) is 4.05. The number of nitrogens with zero attached hydrogens (tertiary/aromatic N) is 4. The molecule has 0 spiro atoms. The fourth-order valence-corrected chi connectivity index (χ4v) is 4.96. The minimum absolute atomic E-state index is 0.125. The summed E-state index contributed by atoms with van der Waals surface area (Å²) in [4.78, 5) is 43.1. The van der Waals surface area contributed by atoms with E-state index >= 15 is 0 Å². The van der Waals surface area contributed by atoms with Crippen molar-refractivity contribution in [1.82, 2.24) is 25.0 Å². The highest BCUT2D eigenvalue weighted by atomic mass is 32.1. The molecule has 2 N–H and O–H groups in total. The summed E-state index contributed by atoms with van der Waals surface area (Å²) in [6.07, 6.45) is 8.17. The molecule has 30 heavy (non-hydrogen) atoms. The Morgan fingerprint density at radius 3 is 2.60 bits per heavy atom. The second-order valence-corrected chi connectivity index (χ2v) is 8.77. The zero-order chi connectivity index (χ0) is 20.9. The third kappa shape index (κ3) is 4.69. The predicted molar refractivity (Wildman–Crippen MR) is 114 cm³/mol. The monoisotopic (exact) mass is 430 g/mol. The Labute approximate surface area is 178 Å². The van der Waals surface area contributed by atoms with Crippen LogP contribution in [0.25, 0.3) is 0 Å². The van der Waals surface area contributed by atoms with Crippen LogP contribution in [0.1, 0.15) is 59.8 Å². The van der Waals surface area contributed by atoms with Crippen LogP contribution < -0.4 is 10.9 Å². The number of anilines is 1. The van der Waals surface area contributed by atoms with Gasteiger partial charge in [-0.1, -0.05) is 30.6 Å². The molecule has 3 amide bonds. The van der Waals surface area contributed by atoms with Crippen LogP contribution in [0.3, 0.4) is 0 Å². The van der Waals surface area contributed by atoms with Crippen LogP contribution >= 0.6 is 11.3 Å². The molecule has 0 unspecified atom stereocenters. The van der Waals surface area contributed by atoms with E-state index in [1.54, 1.807) is 15.9 Å². The summed E-state index contributed by atoms with van der Waals surface area (Å²) in [6, 6.07) is 2.93. The summed E-state index contributed by atoms with van der Waals surface area (Å²) in [5.41, 5.74) is -0.272. The first kappa shape index (κ1) is 20.5. The van der Waals surface area contributed by atoms with E-state index < -0.39 is 5.56 Å². The van der Waals surface area contributed by atoms with Crippen molar-refractivity contribution in [2.75, 3.05) is 31.5 Å². The van der Waals surface area contributed by atoms with Gasteiger partial charge in [0.05, 0.1) is 0 Å². The van der Waals surface area contributed by atoms with Crippen molar-refractivity contribution >= 4 is 28.4 Å². The Kier molecular flexibility index (Phi) is 6.41. The van der Waals surface area contributed by atoms with Gasteiger partial charge in [-0.3, -0.25) is 14.9 Å². The number of pyridine rings is 1. The molecule has 0 bridgehead atoms. The van der Waals surface area contributed by atoms with Crippen LogP contribution in [0.5, 0.6) is 0 Å². The summed E-state index contributed by atoms with van der Waals surface area (Å²) >= 11 is 1.46. The van der Waals surface area contributed by atoms with Gasteiger partial charge in [-0.15, -0.1) is 10.2 Å². The maximum Gasteiger partial charge on any atom is 0.323 e. The van der Waals surface area contributed by atoms with E-state index in [1.807, 2.05) is 0 Å². The van der Waals surface area contributed by atoms with Gasteiger partial charge in [0, 0.05) is 38.3 Å². The summed E-state index contributed by atoms with van der Waals surface area (Å²) < 4.78 is 0. The molecule has 1 aliphatic carbocycles. The molecule has 9 nitrogen and oxygen atoms in total. The van der Waals surface area contributed by atoms with Gasteiger partial charge in [-0.25, -0.2) is 4.79 Å². The third-order valence-corrected chi connectivity index (χ3v) is 6.73. The van der Waals surface area contributed by atoms with E-state index in [9.17, 15) is 14.4 Å². The molecule has 0 radical (unpaired) electrons. The van der Waals surface area contributed by atoms with Gasteiger partial charge in [-0.2, -0.15) is 0 Å². The average molecular weight is 431 g/mol. The zero-order valence-electron chi connectivity index (χ0n) is 16.8. The van der Waals surface area contributed by atoms with Crippen molar-refractivity contribution in [1.29, 1.82) is 0 Å². The lowest BCUT2D eigenvalue weighted by Crippen LogP contribution is -2.40. The first-order valence-electron chi connectivity index (χ1n) is 10.5. The van der Waals surface area contributed by atoms with Gasteiger partial charge >= 0.3 is 6.03 Å². The number of carbonyl (C=O) groups is 2. The molecule has 0 atom stereocenters. The van der Waals surface area contributed by atoms with E-state index in [2.05, 4.69) is 20.5 Å². The number of aromatic nitrogens is 3. The summed E-state index contributed by atoms with van der Waals surface area (Å²) in [7, 11) is 0. The normalized spacial score (nSPS) is 18.1. The van der Waals surface area contributed by atoms with Gasteiger partial charge < -0.3 is 14.8 Å². The van der Waals surface area contributed by atoms with Gasteiger partial charge in [-0.05, 0) is 31.4 Å². The average Bonchev–Trinajstić information content (AvgIpc) is 3.09. The number of hydrogen-bond acceptors (Lipinski definition) is 6. The van der Waals surface area contributed by atoms with Crippen molar-refractivity contribution in [2.45, 2.75) is 44.4 Å². The van der Waals surface area contributed by atoms with E-state index in [0.29, 0.717) is 43.6 Å². The Morgan fingerprint density at radius 1 is 1.03 bits per heavy atom. The molecule has 2 aromatic heterocycles. The minimum atomic E-state index is -0.397. The Morgan fingerprint density at radius 2 is 1.80 bits per heavy atom. The topological polar surface area (TPSA) is 111 Å². The van der Waals surface area contributed by atoms with Crippen LogP contribution in [-0.2, 0) is 0 Å². The number of H-pyrrole nitrogens is 1. The van der Waals surface area contributed by atoms with E-state index in [-0.39, 0.29) is 17.5 Å². The highest BCUT2D eigenvalue weighted by Gasteiger charge is 2.25. The number of carbonyl (C=O) groups excluding carboxylic acids is 2. The summed E-state index contributed by atoms with van der Waals surface area (Å²) in [5, 5.41) is 12.8. The van der Waals surface area contributed by atoms with Gasteiger partial charge in [0.1, 0.15) is 10.6 Å². The molecule has 10 heteroatoms. The molecule has 0 aromatic carbocycles. The quantitative estimate of drug-likeness (QED) is 0.778. The molecule has 1 saturated carbocycles. The maximum absolute atomic E-state index is 12.7. The molecule has 1 saturated heterocycles. The molecule has 3 heterocycles. The number of nitrogens with one attached hydrogen (secondary N) is 2. The SMILES string of the molecule is O=C(Nc1nnc(C2CCCCC2)s1)N1CCCN(C(=O)c2ccc[nH]c2=O)CC1. The smallest absolute Gasteiger partial charge is 0.323 e. The summed E-state index contributed by atoms with van der Waals surface area (Å²) in [5.74, 6) is 0.154. The molecule has 1 aliphatic heterocycles. The Bertz CT molecular complexity index is 952. The van der Waals surface area contributed by atoms with Crippen molar-refractivity contribution in [3.63, 3.8) is 0 Å². The molecule has 160 valence electrons.